The van der Waals surface area contributed by atoms with E-state index in [0.717, 1.165) is 5.56 Å². The number of nitrogens with one attached hydrogen (secondary N) is 1. The summed E-state index contributed by atoms with van der Waals surface area (Å²) in [6, 6.07) is 14.0. The summed E-state index contributed by atoms with van der Waals surface area (Å²) in [6.07, 6.45) is -0.557. The van der Waals surface area contributed by atoms with Crippen molar-refractivity contribution in [2.75, 3.05) is 25.5 Å². The number of urea groups is 1. The monoisotopic (exact) mass is 397 g/mol. The van der Waals surface area contributed by atoms with Gasteiger partial charge in [0.1, 0.15) is 11.9 Å². The summed E-state index contributed by atoms with van der Waals surface area (Å²) in [5.74, 6) is -0.482. The molecule has 0 unspecified atom stereocenters. The molecule has 6 nitrogen and oxygen atoms in total. The van der Waals surface area contributed by atoms with E-state index in [-0.39, 0.29) is 29.7 Å². The quantitative estimate of drug-likeness (QED) is 0.863. The second-order valence-electron chi connectivity index (χ2n) is 7.64. The zero-order chi connectivity index (χ0) is 20.5. The molecule has 2 aromatic carbocycles. The smallest absolute Gasteiger partial charge is 0.321 e. The van der Waals surface area contributed by atoms with Crippen molar-refractivity contribution in [2.45, 2.75) is 25.6 Å². The first kappa shape index (κ1) is 19.4. The van der Waals surface area contributed by atoms with Crippen LogP contribution in [0.15, 0.2) is 48.5 Å². The van der Waals surface area contributed by atoms with Gasteiger partial charge in [-0.25, -0.2) is 9.18 Å². The summed E-state index contributed by atoms with van der Waals surface area (Å²) >= 11 is 0. The highest BCUT2D eigenvalue weighted by molar-refractivity contribution is 5.90. The van der Waals surface area contributed by atoms with E-state index in [1.54, 1.807) is 24.0 Å². The van der Waals surface area contributed by atoms with Crippen LogP contribution in [0.3, 0.4) is 0 Å². The predicted octanol–water partition coefficient (Wildman–Crippen LogP) is 3.02. The van der Waals surface area contributed by atoms with E-state index in [1.807, 2.05) is 35.2 Å². The van der Waals surface area contributed by atoms with E-state index < -0.39 is 6.10 Å². The minimum Gasteiger partial charge on any atom is -0.371 e. The number of halogens is 1. The molecule has 0 radical (unpaired) electrons. The lowest BCUT2D eigenvalue weighted by molar-refractivity contribution is -0.138. The number of likely N-dealkylation sites (tertiary alicyclic amines) is 2. The number of methoxy groups -OCH3 is 1. The minimum atomic E-state index is -0.557. The first-order chi connectivity index (χ1) is 14.0. The number of aryl methyl sites for hydroxylation is 1. The Morgan fingerprint density at radius 3 is 2.66 bits per heavy atom. The molecule has 29 heavy (non-hydrogen) atoms. The average Bonchev–Trinajstić information content (AvgIpc) is 3.24. The Labute approximate surface area is 169 Å². The Morgan fingerprint density at radius 1 is 1.21 bits per heavy atom. The van der Waals surface area contributed by atoms with Gasteiger partial charge in [-0.3, -0.25) is 4.79 Å². The largest absolute Gasteiger partial charge is 0.371 e. The number of nitrogens with zero attached hydrogens (tertiary/aromatic N) is 2. The molecule has 0 spiro atoms. The van der Waals surface area contributed by atoms with Crippen molar-refractivity contribution in [1.82, 2.24) is 9.80 Å². The van der Waals surface area contributed by atoms with Gasteiger partial charge in [0.2, 0.25) is 0 Å². The highest BCUT2D eigenvalue weighted by Gasteiger charge is 2.53. The van der Waals surface area contributed by atoms with Crippen molar-refractivity contribution in [1.29, 1.82) is 0 Å². The molecule has 1 N–H and O–H groups in total. The number of ether oxygens (including phenoxy) is 1. The normalized spacial score (nSPS) is 23.4. The fourth-order valence-electron chi connectivity index (χ4n) is 4.24. The molecule has 7 heteroatoms. The van der Waals surface area contributed by atoms with Crippen molar-refractivity contribution in [3.63, 3.8) is 0 Å². The summed E-state index contributed by atoms with van der Waals surface area (Å²) in [6.45, 7) is 2.99. The molecule has 3 atom stereocenters. The number of hydrogen-bond donors (Lipinski definition) is 1. The second kappa shape index (κ2) is 7.83. The maximum absolute atomic E-state index is 13.8. The van der Waals surface area contributed by atoms with Crippen LogP contribution in [0.25, 0.3) is 0 Å². The molecule has 2 heterocycles. The zero-order valence-electron chi connectivity index (χ0n) is 16.5. The van der Waals surface area contributed by atoms with Crippen LogP contribution in [0.4, 0.5) is 14.9 Å². The van der Waals surface area contributed by atoms with Gasteiger partial charge in [0.05, 0.1) is 6.04 Å². The molecule has 0 aromatic heterocycles. The Kier molecular flexibility index (Phi) is 5.24. The topological polar surface area (TPSA) is 61.9 Å². The van der Waals surface area contributed by atoms with Crippen molar-refractivity contribution < 1.29 is 18.7 Å². The molecule has 2 saturated heterocycles. The van der Waals surface area contributed by atoms with Crippen molar-refractivity contribution in [3.8, 4) is 0 Å². The Balaban J connectivity index is 1.48. The first-order valence-corrected chi connectivity index (χ1v) is 9.67. The summed E-state index contributed by atoms with van der Waals surface area (Å²) in [5.41, 5.74) is 1.97. The van der Waals surface area contributed by atoms with Gasteiger partial charge >= 0.3 is 6.03 Å². The highest BCUT2D eigenvalue weighted by atomic mass is 19.1. The van der Waals surface area contributed by atoms with Gasteiger partial charge in [0.25, 0.3) is 5.91 Å². The SMILES string of the molecule is CO[C@@H]1C(=O)N(Cc2ccccc2)[C@@H]2CN(C(=O)Nc3ccc(C)c(F)c3)C[C@H]12. The van der Waals surface area contributed by atoms with Crippen LogP contribution in [0, 0.1) is 18.7 Å². The molecule has 2 aromatic rings. The van der Waals surface area contributed by atoms with E-state index in [1.165, 1.54) is 13.2 Å². The number of hydrogen-bond acceptors (Lipinski definition) is 3. The molecule has 2 aliphatic heterocycles. The zero-order valence-corrected chi connectivity index (χ0v) is 16.5. The van der Waals surface area contributed by atoms with Gasteiger partial charge in [0, 0.05) is 38.3 Å². The van der Waals surface area contributed by atoms with Gasteiger partial charge in [-0.1, -0.05) is 36.4 Å². The maximum atomic E-state index is 13.8. The third-order valence-corrected chi connectivity index (χ3v) is 5.81. The predicted molar refractivity (Wildman–Crippen MR) is 107 cm³/mol. The van der Waals surface area contributed by atoms with E-state index in [0.29, 0.717) is 30.9 Å². The van der Waals surface area contributed by atoms with Gasteiger partial charge in [-0.15, -0.1) is 0 Å². The maximum Gasteiger partial charge on any atom is 0.321 e. The summed E-state index contributed by atoms with van der Waals surface area (Å²) in [4.78, 5) is 29.0. The molecule has 0 bridgehead atoms. The van der Waals surface area contributed by atoms with E-state index in [2.05, 4.69) is 5.32 Å². The third-order valence-electron chi connectivity index (χ3n) is 5.81. The Hall–Kier alpha value is -2.93. The second-order valence-corrected chi connectivity index (χ2v) is 7.64. The average molecular weight is 397 g/mol. The van der Waals surface area contributed by atoms with Gasteiger partial charge < -0.3 is 19.9 Å². The van der Waals surface area contributed by atoms with Crippen LogP contribution < -0.4 is 5.32 Å². The van der Waals surface area contributed by atoms with Crippen LogP contribution >= 0.6 is 0 Å². The molecule has 0 aliphatic carbocycles. The third kappa shape index (κ3) is 3.70. The highest BCUT2D eigenvalue weighted by Crippen LogP contribution is 2.35. The fraction of sp³-hybridized carbons (Fsp3) is 0.364. The summed E-state index contributed by atoms with van der Waals surface area (Å²) in [7, 11) is 1.53. The molecule has 2 aliphatic rings. The van der Waals surface area contributed by atoms with E-state index >= 15 is 0 Å². The van der Waals surface area contributed by atoms with Gasteiger partial charge in [-0.2, -0.15) is 0 Å². The van der Waals surface area contributed by atoms with Gasteiger partial charge in [-0.05, 0) is 30.2 Å². The minimum absolute atomic E-state index is 0.0352. The Morgan fingerprint density at radius 2 is 1.97 bits per heavy atom. The summed E-state index contributed by atoms with van der Waals surface area (Å²) < 4.78 is 19.2. The molecular formula is C22H24FN3O3. The summed E-state index contributed by atoms with van der Waals surface area (Å²) in [5, 5.41) is 2.75. The Bertz CT molecular complexity index is 921. The molecular weight excluding hydrogens is 373 g/mol. The molecule has 0 saturated carbocycles. The number of rotatable bonds is 4. The van der Waals surface area contributed by atoms with Gasteiger partial charge in [0.15, 0.2) is 0 Å². The van der Waals surface area contributed by atoms with Crippen LogP contribution in [0.2, 0.25) is 0 Å². The number of amides is 3. The molecule has 4 rings (SSSR count). The standard InChI is InChI=1S/C22H24FN3O3/c1-14-8-9-16(10-18(14)23)24-22(28)25-12-17-19(13-25)26(21(27)20(17)29-2)11-15-6-4-3-5-7-15/h3-10,17,19-20H,11-13H2,1-2H3,(H,24,28)/t17-,19+,20-/m0/s1. The number of anilines is 1. The van der Waals surface area contributed by atoms with E-state index in [9.17, 15) is 14.0 Å². The number of benzene rings is 2. The molecule has 3 amide bonds. The fourth-order valence-corrected chi connectivity index (χ4v) is 4.24. The first-order valence-electron chi connectivity index (χ1n) is 9.67. The van der Waals surface area contributed by atoms with Crippen LogP contribution in [0.1, 0.15) is 11.1 Å². The number of fused-ring (bicyclic) bond motifs is 1. The van der Waals surface area contributed by atoms with Crippen molar-refractivity contribution >= 4 is 17.6 Å². The molecule has 152 valence electrons. The number of carbonyl (C=O) groups is 2. The van der Waals surface area contributed by atoms with Crippen LogP contribution in [-0.2, 0) is 16.1 Å². The van der Waals surface area contributed by atoms with Crippen LogP contribution in [0.5, 0.6) is 0 Å². The van der Waals surface area contributed by atoms with Crippen molar-refractivity contribution in [2.24, 2.45) is 5.92 Å². The lowest BCUT2D eigenvalue weighted by atomic mass is 10.0. The van der Waals surface area contributed by atoms with Crippen LogP contribution in [-0.4, -0.2) is 54.1 Å². The van der Waals surface area contributed by atoms with E-state index in [4.69, 9.17) is 4.74 Å². The van der Waals surface area contributed by atoms with Crippen molar-refractivity contribution in [3.05, 3.63) is 65.5 Å². The lowest BCUT2D eigenvalue weighted by Gasteiger charge is -2.25. The lowest BCUT2D eigenvalue weighted by Crippen LogP contribution is -2.41. The molecule has 2 fully saturated rings. The number of carbonyl (C=O) groups excluding carboxylic acids is 2.